The topological polar surface area (TPSA) is 34.1 Å². The number of thiophene rings is 1. The molecule has 17 heavy (non-hydrogen) atoms. The van der Waals surface area contributed by atoms with Crippen molar-refractivity contribution in [3.8, 4) is 0 Å². The van der Waals surface area contributed by atoms with Crippen LogP contribution in [0.25, 0.3) is 0 Å². The minimum Gasteiger partial charge on any atom is -0.224 e. The molecule has 2 aromatic rings. The Morgan fingerprint density at radius 2 is 1.88 bits per heavy atom. The number of hydrogen-bond acceptors (Lipinski definition) is 4. The van der Waals surface area contributed by atoms with E-state index in [1.807, 2.05) is 12.1 Å². The predicted molar refractivity (Wildman–Crippen MR) is 73.4 cm³/mol. The Labute approximate surface area is 110 Å². The van der Waals surface area contributed by atoms with Crippen molar-refractivity contribution in [1.82, 2.24) is 0 Å². The second-order valence-corrected chi connectivity index (χ2v) is 7.51. The Hall–Kier alpha value is -0.780. The quantitative estimate of drug-likeness (QED) is 0.807. The molecule has 0 amide bonds. The van der Waals surface area contributed by atoms with E-state index in [2.05, 4.69) is 16.8 Å². The summed E-state index contributed by atoms with van der Waals surface area (Å²) in [7, 11) is -3.08. The first-order valence-electron chi connectivity index (χ1n) is 5.00. The SMILES string of the molecule is CS(=O)(=O)c1ccc(CSc2ccsc2)cc1. The van der Waals surface area contributed by atoms with Crippen LogP contribution in [0.3, 0.4) is 0 Å². The van der Waals surface area contributed by atoms with E-state index in [4.69, 9.17) is 0 Å². The summed E-state index contributed by atoms with van der Waals surface area (Å²) in [6.45, 7) is 0. The highest BCUT2D eigenvalue weighted by Gasteiger charge is 2.06. The van der Waals surface area contributed by atoms with Gasteiger partial charge >= 0.3 is 0 Å². The van der Waals surface area contributed by atoms with Crippen molar-refractivity contribution in [2.75, 3.05) is 6.26 Å². The van der Waals surface area contributed by atoms with Gasteiger partial charge in [-0.2, -0.15) is 11.3 Å². The van der Waals surface area contributed by atoms with Gasteiger partial charge in [-0.25, -0.2) is 8.42 Å². The van der Waals surface area contributed by atoms with Crippen LogP contribution in [0.2, 0.25) is 0 Å². The Bertz CT molecular complexity index is 569. The summed E-state index contributed by atoms with van der Waals surface area (Å²) in [5.74, 6) is 0.862. The highest BCUT2D eigenvalue weighted by atomic mass is 32.2. The molecule has 0 unspecified atom stereocenters. The summed E-state index contributed by atoms with van der Waals surface area (Å²) in [5, 5.41) is 4.16. The molecule has 0 radical (unpaired) electrons. The molecule has 0 fully saturated rings. The van der Waals surface area contributed by atoms with E-state index in [1.54, 1.807) is 35.2 Å². The maximum atomic E-state index is 11.3. The van der Waals surface area contributed by atoms with Crippen LogP contribution >= 0.6 is 23.1 Å². The van der Waals surface area contributed by atoms with Crippen LogP contribution in [0.4, 0.5) is 0 Å². The molecule has 90 valence electrons. The molecule has 2 rings (SSSR count). The lowest BCUT2D eigenvalue weighted by Gasteiger charge is -2.02. The summed E-state index contributed by atoms with van der Waals surface area (Å²) in [6.07, 6.45) is 1.22. The second kappa shape index (κ2) is 5.25. The normalized spacial score (nSPS) is 11.6. The van der Waals surface area contributed by atoms with Crippen molar-refractivity contribution in [1.29, 1.82) is 0 Å². The van der Waals surface area contributed by atoms with Crippen LogP contribution in [-0.2, 0) is 15.6 Å². The minimum atomic E-state index is -3.08. The van der Waals surface area contributed by atoms with E-state index in [0.29, 0.717) is 4.90 Å². The fraction of sp³-hybridized carbons (Fsp3) is 0.167. The van der Waals surface area contributed by atoms with Crippen molar-refractivity contribution in [3.63, 3.8) is 0 Å². The molecular formula is C12H12O2S3. The zero-order valence-corrected chi connectivity index (χ0v) is 11.7. The van der Waals surface area contributed by atoms with E-state index >= 15 is 0 Å². The third-order valence-electron chi connectivity index (χ3n) is 2.25. The van der Waals surface area contributed by atoms with E-state index < -0.39 is 9.84 Å². The fourth-order valence-corrected chi connectivity index (χ4v) is 3.70. The lowest BCUT2D eigenvalue weighted by molar-refractivity contribution is 0.602. The number of hydrogen-bond donors (Lipinski definition) is 0. The Morgan fingerprint density at radius 1 is 1.18 bits per heavy atom. The van der Waals surface area contributed by atoms with Gasteiger partial charge in [0.2, 0.25) is 0 Å². The monoisotopic (exact) mass is 284 g/mol. The molecule has 0 saturated heterocycles. The number of sulfone groups is 1. The lowest BCUT2D eigenvalue weighted by atomic mass is 10.2. The highest BCUT2D eigenvalue weighted by molar-refractivity contribution is 7.98. The molecule has 0 aliphatic heterocycles. The molecule has 0 N–H and O–H groups in total. The average Bonchev–Trinajstić information content (AvgIpc) is 2.78. The summed E-state index contributed by atoms with van der Waals surface area (Å²) in [4.78, 5) is 1.63. The van der Waals surface area contributed by atoms with Crippen LogP contribution in [-0.4, -0.2) is 14.7 Å². The van der Waals surface area contributed by atoms with Gasteiger partial charge in [0.05, 0.1) is 4.90 Å². The number of rotatable bonds is 4. The van der Waals surface area contributed by atoms with Gasteiger partial charge in [0, 0.05) is 22.3 Å². The molecule has 2 nitrogen and oxygen atoms in total. The Balaban J connectivity index is 2.04. The van der Waals surface area contributed by atoms with Crippen molar-refractivity contribution < 1.29 is 8.42 Å². The van der Waals surface area contributed by atoms with Gasteiger partial charge in [0.15, 0.2) is 9.84 Å². The van der Waals surface area contributed by atoms with Gasteiger partial charge in [-0.1, -0.05) is 12.1 Å². The van der Waals surface area contributed by atoms with Gasteiger partial charge in [-0.3, -0.25) is 0 Å². The smallest absolute Gasteiger partial charge is 0.175 e. The van der Waals surface area contributed by atoms with Crippen molar-refractivity contribution in [3.05, 3.63) is 46.7 Å². The largest absolute Gasteiger partial charge is 0.224 e. The molecule has 0 bridgehead atoms. The number of thioether (sulfide) groups is 1. The molecule has 1 heterocycles. The zero-order valence-electron chi connectivity index (χ0n) is 9.29. The first-order valence-corrected chi connectivity index (χ1v) is 8.82. The molecular weight excluding hydrogens is 272 g/mol. The van der Waals surface area contributed by atoms with Crippen molar-refractivity contribution in [2.24, 2.45) is 0 Å². The third-order valence-corrected chi connectivity index (χ3v) is 5.28. The van der Waals surface area contributed by atoms with Gasteiger partial charge in [0.25, 0.3) is 0 Å². The van der Waals surface area contributed by atoms with Crippen LogP contribution in [0.15, 0.2) is 50.9 Å². The maximum Gasteiger partial charge on any atom is 0.175 e. The van der Waals surface area contributed by atoms with Crippen molar-refractivity contribution >= 4 is 32.9 Å². The summed E-state index contributed by atoms with van der Waals surface area (Å²) < 4.78 is 22.6. The standard InChI is InChI=1S/C12H12O2S3/c1-17(13,14)12-4-2-10(3-5-12)8-16-11-6-7-15-9-11/h2-7,9H,8H2,1H3. The lowest BCUT2D eigenvalue weighted by Crippen LogP contribution is -1.96. The Kier molecular flexibility index (Phi) is 3.91. The number of benzene rings is 1. The van der Waals surface area contributed by atoms with E-state index in [0.717, 1.165) is 11.3 Å². The van der Waals surface area contributed by atoms with Crippen LogP contribution in [0.1, 0.15) is 5.56 Å². The van der Waals surface area contributed by atoms with Gasteiger partial charge in [-0.15, -0.1) is 11.8 Å². The third kappa shape index (κ3) is 3.59. The van der Waals surface area contributed by atoms with E-state index in [9.17, 15) is 8.42 Å². The van der Waals surface area contributed by atoms with E-state index in [-0.39, 0.29) is 0 Å². The summed E-state index contributed by atoms with van der Waals surface area (Å²) in [5.41, 5.74) is 1.13. The fourth-order valence-electron chi connectivity index (χ4n) is 1.33. The molecule has 5 heteroatoms. The first-order chi connectivity index (χ1) is 8.05. The zero-order chi connectivity index (χ0) is 12.3. The molecule has 0 spiro atoms. The maximum absolute atomic E-state index is 11.3. The molecule has 1 aromatic heterocycles. The summed E-state index contributed by atoms with van der Waals surface area (Å²) in [6, 6.07) is 9.16. The molecule has 1 aromatic carbocycles. The van der Waals surface area contributed by atoms with Gasteiger partial charge in [0.1, 0.15) is 0 Å². The van der Waals surface area contributed by atoms with Crippen LogP contribution in [0, 0.1) is 0 Å². The minimum absolute atomic E-state index is 0.377. The van der Waals surface area contributed by atoms with Crippen molar-refractivity contribution in [2.45, 2.75) is 15.5 Å². The van der Waals surface area contributed by atoms with Crippen LogP contribution < -0.4 is 0 Å². The highest BCUT2D eigenvalue weighted by Crippen LogP contribution is 2.25. The molecule has 0 aliphatic carbocycles. The van der Waals surface area contributed by atoms with Gasteiger partial charge in [-0.05, 0) is 29.1 Å². The second-order valence-electron chi connectivity index (χ2n) is 3.66. The summed E-state index contributed by atoms with van der Waals surface area (Å²) >= 11 is 3.43. The molecule has 0 saturated carbocycles. The van der Waals surface area contributed by atoms with Gasteiger partial charge < -0.3 is 0 Å². The van der Waals surface area contributed by atoms with Crippen LogP contribution in [0.5, 0.6) is 0 Å². The predicted octanol–water partition coefficient (Wildman–Crippen LogP) is 3.44. The first kappa shape index (κ1) is 12.7. The Morgan fingerprint density at radius 3 is 2.41 bits per heavy atom. The molecule has 0 atom stereocenters. The average molecular weight is 284 g/mol. The van der Waals surface area contributed by atoms with E-state index in [1.165, 1.54) is 11.2 Å². The molecule has 0 aliphatic rings.